The number of carbonyl (C=O) groups is 1. The molecule has 0 fully saturated rings. The van der Waals surface area contributed by atoms with Crippen molar-refractivity contribution in [2.24, 2.45) is 0 Å². The molecule has 0 aliphatic carbocycles. The van der Waals surface area contributed by atoms with Crippen molar-refractivity contribution in [1.82, 2.24) is 9.55 Å². The van der Waals surface area contributed by atoms with Crippen LogP contribution in [-0.4, -0.2) is 22.6 Å². The van der Waals surface area contributed by atoms with E-state index in [2.05, 4.69) is 4.98 Å². The fourth-order valence-corrected chi connectivity index (χ4v) is 2.90. The summed E-state index contributed by atoms with van der Waals surface area (Å²) in [5.74, 6) is -0.0757. The molecule has 23 heavy (non-hydrogen) atoms. The molecule has 2 heterocycles. The summed E-state index contributed by atoms with van der Waals surface area (Å²) >= 11 is 0. The van der Waals surface area contributed by atoms with Gasteiger partial charge in [0.05, 0.1) is 7.11 Å². The third-order valence-electron chi connectivity index (χ3n) is 4.16. The Bertz CT molecular complexity index is 783. The second-order valence-electron chi connectivity index (χ2n) is 5.58. The van der Waals surface area contributed by atoms with E-state index in [1.807, 2.05) is 0 Å². The predicted molar refractivity (Wildman–Crippen MR) is 81.7 cm³/mol. The van der Waals surface area contributed by atoms with E-state index in [-0.39, 0.29) is 11.4 Å². The van der Waals surface area contributed by atoms with Crippen molar-refractivity contribution >= 4 is 5.97 Å². The highest BCUT2D eigenvalue weighted by atomic mass is 19.1. The van der Waals surface area contributed by atoms with E-state index in [4.69, 9.17) is 4.74 Å². The number of rotatable bonds is 4. The molecule has 1 aliphatic heterocycles. The van der Waals surface area contributed by atoms with Gasteiger partial charge in [0.2, 0.25) is 0 Å². The molecule has 0 radical (unpaired) electrons. The minimum atomic E-state index is -0.583. The van der Waals surface area contributed by atoms with Crippen molar-refractivity contribution in [1.29, 1.82) is 0 Å². The standard InChI is InChI=1S/C17H17FN2O3/c1-23-17(22)14-8-9-15-19-10-12(16(21)20(14)15)5-2-11-3-6-13(18)7-4-11/h3-4,6-7,10,14H,2,5,8-9H2,1H3/t14-/m0/s1. The van der Waals surface area contributed by atoms with E-state index in [0.717, 1.165) is 5.56 Å². The van der Waals surface area contributed by atoms with Gasteiger partial charge in [0.1, 0.15) is 17.7 Å². The number of carbonyl (C=O) groups excluding carboxylic acids is 1. The number of methoxy groups -OCH3 is 1. The summed E-state index contributed by atoms with van der Waals surface area (Å²) < 4.78 is 19.1. The molecule has 0 N–H and O–H groups in total. The number of aromatic nitrogens is 2. The number of hydrogen-bond donors (Lipinski definition) is 0. The molecule has 120 valence electrons. The lowest BCUT2D eigenvalue weighted by Gasteiger charge is -2.13. The van der Waals surface area contributed by atoms with Crippen LogP contribution in [0.2, 0.25) is 0 Å². The van der Waals surface area contributed by atoms with Gasteiger partial charge in [-0.15, -0.1) is 0 Å². The Balaban J connectivity index is 1.83. The molecule has 2 aromatic rings. The highest BCUT2D eigenvalue weighted by molar-refractivity contribution is 5.74. The number of halogens is 1. The van der Waals surface area contributed by atoms with Crippen molar-refractivity contribution < 1.29 is 13.9 Å². The Morgan fingerprint density at radius 1 is 1.35 bits per heavy atom. The quantitative estimate of drug-likeness (QED) is 0.807. The Hall–Kier alpha value is -2.50. The van der Waals surface area contributed by atoms with Crippen molar-refractivity contribution in [3.8, 4) is 0 Å². The third-order valence-corrected chi connectivity index (χ3v) is 4.16. The largest absolute Gasteiger partial charge is 0.467 e. The van der Waals surface area contributed by atoms with Crippen LogP contribution in [0.3, 0.4) is 0 Å². The maximum atomic E-state index is 12.9. The second kappa shape index (κ2) is 6.32. The number of fused-ring (bicyclic) bond motifs is 1. The number of hydrogen-bond acceptors (Lipinski definition) is 4. The van der Waals surface area contributed by atoms with Gasteiger partial charge in [0, 0.05) is 18.2 Å². The first-order chi connectivity index (χ1) is 11.1. The van der Waals surface area contributed by atoms with E-state index in [0.29, 0.717) is 37.1 Å². The Kier molecular flexibility index (Phi) is 4.23. The van der Waals surface area contributed by atoms with Crippen LogP contribution in [0.4, 0.5) is 4.39 Å². The van der Waals surface area contributed by atoms with Crippen LogP contribution in [0.5, 0.6) is 0 Å². The molecule has 1 aromatic carbocycles. The maximum Gasteiger partial charge on any atom is 0.329 e. The summed E-state index contributed by atoms with van der Waals surface area (Å²) in [6.45, 7) is 0. The van der Waals surface area contributed by atoms with Crippen LogP contribution in [0.1, 0.15) is 29.4 Å². The smallest absolute Gasteiger partial charge is 0.329 e. The van der Waals surface area contributed by atoms with Gasteiger partial charge >= 0.3 is 5.97 Å². The zero-order valence-corrected chi connectivity index (χ0v) is 12.8. The highest BCUT2D eigenvalue weighted by Gasteiger charge is 2.31. The van der Waals surface area contributed by atoms with E-state index in [1.165, 1.54) is 23.8 Å². The molecule has 0 spiro atoms. The SMILES string of the molecule is COC(=O)[C@@H]1CCc2ncc(CCc3ccc(F)cc3)c(=O)n21. The lowest BCUT2D eigenvalue weighted by atomic mass is 10.1. The number of esters is 1. The topological polar surface area (TPSA) is 61.2 Å². The first kappa shape index (κ1) is 15.4. The molecule has 0 amide bonds. The lowest BCUT2D eigenvalue weighted by molar-refractivity contribution is -0.144. The van der Waals surface area contributed by atoms with Crippen LogP contribution in [-0.2, 0) is 28.8 Å². The van der Waals surface area contributed by atoms with Crippen molar-refractivity contribution in [3.63, 3.8) is 0 Å². The number of nitrogens with zero attached hydrogens (tertiary/aromatic N) is 2. The molecule has 1 atom stereocenters. The van der Waals surface area contributed by atoms with Gasteiger partial charge in [-0.05, 0) is 37.0 Å². The number of ether oxygens (including phenoxy) is 1. The van der Waals surface area contributed by atoms with Crippen LogP contribution in [0, 0.1) is 5.82 Å². The highest BCUT2D eigenvalue weighted by Crippen LogP contribution is 2.23. The average molecular weight is 316 g/mol. The molecule has 3 rings (SSSR count). The number of aryl methyl sites for hydroxylation is 3. The minimum absolute atomic E-state index is 0.190. The lowest BCUT2D eigenvalue weighted by Crippen LogP contribution is -2.31. The summed E-state index contributed by atoms with van der Waals surface area (Å²) in [6, 6.07) is 5.61. The van der Waals surface area contributed by atoms with E-state index < -0.39 is 12.0 Å². The van der Waals surface area contributed by atoms with Gasteiger partial charge in [-0.1, -0.05) is 12.1 Å². The Morgan fingerprint density at radius 3 is 2.78 bits per heavy atom. The molecular weight excluding hydrogens is 299 g/mol. The first-order valence-corrected chi connectivity index (χ1v) is 7.51. The first-order valence-electron chi connectivity index (χ1n) is 7.51. The zero-order valence-electron chi connectivity index (χ0n) is 12.8. The van der Waals surface area contributed by atoms with E-state index in [9.17, 15) is 14.0 Å². The number of benzene rings is 1. The van der Waals surface area contributed by atoms with Crippen LogP contribution >= 0.6 is 0 Å². The molecule has 0 saturated carbocycles. The van der Waals surface area contributed by atoms with Gasteiger partial charge < -0.3 is 4.74 Å². The molecule has 1 aromatic heterocycles. The molecule has 0 bridgehead atoms. The van der Waals surface area contributed by atoms with Crippen LogP contribution < -0.4 is 5.56 Å². The minimum Gasteiger partial charge on any atom is -0.467 e. The Labute approximate surface area is 132 Å². The molecular formula is C17H17FN2O3. The van der Waals surface area contributed by atoms with Crippen LogP contribution in [0.15, 0.2) is 35.3 Å². The summed E-state index contributed by atoms with van der Waals surface area (Å²) in [6.07, 6.45) is 3.81. The predicted octanol–water partition coefficient (Wildman–Crippen LogP) is 1.83. The summed E-state index contributed by atoms with van der Waals surface area (Å²) in [4.78, 5) is 28.7. The monoisotopic (exact) mass is 316 g/mol. The normalized spacial score (nSPS) is 16.2. The summed E-state index contributed by atoms with van der Waals surface area (Å²) in [5.41, 5.74) is 1.31. The van der Waals surface area contributed by atoms with Gasteiger partial charge in [0.15, 0.2) is 0 Å². The zero-order chi connectivity index (χ0) is 16.4. The maximum absolute atomic E-state index is 12.9. The van der Waals surface area contributed by atoms with Crippen molar-refractivity contribution in [3.05, 3.63) is 63.6 Å². The average Bonchev–Trinajstić information content (AvgIpc) is 3.00. The molecule has 6 heteroatoms. The van der Waals surface area contributed by atoms with Gasteiger partial charge in [-0.25, -0.2) is 14.2 Å². The van der Waals surface area contributed by atoms with Crippen molar-refractivity contribution in [2.75, 3.05) is 7.11 Å². The second-order valence-corrected chi connectivity index (χ2v) is 5.58. The van der Waals surface area contributed by atoms with Crippen LogP contribution in [0.25, 0.3) is 0 Å². The Morgan fingerprint density at radius 2 is 2.09 bits per heavy atom. The molecule has 0 saturated heterocycles. The van der Waals surface area contributed by atoms with Crippen molar-refractivity contribution in [2.45, 2.75) is 31.7 Å². The fraction of sp³-hybridized carbons (Fsp3) is 0.353. The van der Waals surface area contributed by atoms with E-state index in [1.54, 1.807) is 18.3 Å². The molecule has 1 aliphatic rings. The van der Waals surface area contributed by atoms with E-state index >= 15 is 0 Å². The fourth-order valence-electron chi connectivity index (χ4n) is 2.90. The summed E-state index contributed by atoms with van der Waals surface area (Å²) in [7, 11) is 1.32. The third kappa shape index (κ3) is 3.02. The van der Waals surface area contributed by atoms with Gasteiger partial charge in [0.25, 0.3) is 5.56 Å². The molecule has 5 nitrogen and oxygen atoms in total. The summed E-state index contributed by atoms with van der Waals surface area (Å²) in [5, 5.41) is 0. The van der Waals surface area contributed by atoms with Gasteiger partial charge in [-0.2, -0.15) is 0 Å². The molecule has 0 unspecified atom stereocenters. The van der Waals surface area contributed by atoms with Gasteiger partial charge in [-0.3, -0.25) is 9.36 Å².